The maximum atomic E-state index is 11.9. The molecule has 0 unspecified atom stereocenters. The number of thiophene rings is 1. The Morgan fingerprint density at radius 2 is 2.00 bits per heavy atom. The summed E-state index contributed by atoms with van der Waals surface area (Å²) in [6.45, 7) is 12.0. The van der Waals surface area contributed by atoms with Crippen molar-refractivity contribution in [1.82, 2.24) is 10.2 Å². The van der Waals surface area contributed by atoms with Gasteiger partial charge in [-0.15, -0.1) is 11.3 Å². The monoisotopic (exact) mass is 254 g/mol. The molecule has 96 valence electrons. The molecule has 0 aliphatic rings. The zero-order valence-corrected chi connectivity index (χ0v) is 12.0. The number of hydrogen-bond donors (Lipinski definition) is 1. The van der Waals surface area contributed by atoms with E-state index in [0.717, 1.165) is 37.3 Å². The molecule has 1 aromatic rings. The lowest BCUT2D eigenvalue weighted by molar-refractivity contribution is 0.0948. The van der Waals surface area contributed by atoms with Crippen LogP contribution in [-0.2, 0) is 0 Å². The van der Waals surface area contributed by atoms with Gasteiger partial charge in [0.2, 0.25) is 0 Å². The van der Waals surface area contributed by atoms with E-state index >= 15 is 0 Å². The lowest BCUT2D eigenvalue weighted by atomic mass is 10.1. The van der Waals surface area contributed by atoms with Crippen LogP contribution in [0.15, 0.2) is 5.38 Å². The van der Waals surface area contributed by atoms with Gasteiger partial charge >= 0.3 is 0 Å². The number of likely N-dealkylation sites (N-methyl/N-ethyl adjacent to an activating group) is 1. The molecule has 0 atom stereocenters. The van der Waals surface area contributed by atoms with Gasteiger partial charge in [-0.2, -0.15) is 0 Å². The molecule has 0 spiro atoms. The Balaban J connectivity index is 2.43. The number of carbonyl (C=O) groups is 1. The maximum Gasteiger partial charge on any atom is 0.252 e. The highest BCUT2D eigenvalue weighted by Crippen LogP contribution is 2.20. The topological polar surface area (TPSA) is 32.3 Å². The van der Waals surface area contributed by atoms with E-state index < -0.39 is 0 Å². The fraction of sp³-hybridized carbons (Fsp3) is 0.615. The molecule has 0 saturated heterocycles. The normalized spacial score (nSPS) is 10.9. The minimum absolute atomic E-state index is 0.0546. The lowest BCUT2D eigenvalue weighted by Gasteiger charge is -2.17. The molecule has 3 nitrogen and oxygen atoms in total. The average Bonchev–Trinajstić information content (AvgIpc) is 2.65. The van der Waals surface area contributed by atoms with Gasteiger partial charge in [0.1, 0.15) is 0 Å². The Morgan fingerprint density at radius 1 is 1.35 bits per heavy atom. The van der Waals surface area contributed by atoms with Gasteiger partial charge in [-0.25, -0.2) is 0 Å². The Bertz CT molecular complexity index is 369. The number of carbonyl (C=O) groups excluding carboxylic acids is 1. The van der Waals surface area contributed by atoms with Crippen LogP contribution in [0.25, 0.3) is 0 Å². The zero-order chi connectivity index (χ0) is 12.8. The molecule has 0 saturated carbocycles. The standard InChI is InChI=1S/C13H22N2OS/c1-5-15(6-2)8-7-14-13(16)12-9-17-11(4)10(12)3/h9H,5-8H2,1-4H3,(H,14,16). The van der Waals surface area contributed by atoms with Crippen molar-refractivity contribution in [3.63, 3.8) is 0 Å². The van der Waals surface area contributed by atoms with Gasteiger partial charge in [-0.3, -0.25) is 4.79 Å². The van der Waals surface area contributed by atoms with Crippen LogP contribution in [0, 0.1) is 13.8 Å². The van der Waals surface area contributed by atoms with Gasteiger partial charge in [0.15, 0.2) is 0 Å². The molecule has 17 heavy (non-hydrogen) atoms. The smallest absolute Gasteiger partial charge is 0.252 e. The average molecular weight is 254 g/mol. The predicted octanol–water partition coefficient (Wildman–Crippen LogP) is 2.44. The minimum atomic E-state index is 0.0546. The number of nitrogens with one attached hydrogen (secondary N) is 1. The summed E-state index contributed by atoms with van der Waals surface area (Å²) in [7, 11) is 0. The molecule has 1 N–H and O–H groups in total. The summed E-state index contributed by atoms with van der Waals surface area (Å²) in [5, 5.41) is 4.92. The van der Waals surface area contributed by atoms with E-state index in [4.69, 9.17) is 0 Å². The van der Waals surface area contributed by atoms with E-state index in [0.29, 0.717) is 0 Å². The fourth-order valence-corrected chi connectivity index (χ4v) is 2.57. The summed E-state index contributed by atoms with van der Waals surface area (Å²) in [6.07, 6.45) is 0. The highest BCUT2D eigenvalue weighted by atomic mass is 32.1. The molecule has 0 aliphatic heterocycles. The highest BCUT2D eigenvalue weighted by molar-refractivity contribution is 7.10. The molecule has 1 amide bonds. The molecule has 0 bridgehead atoms. The molecular formula is C13H22N2OS. The predicted molar refractivity (Wildman–Crippen MR) is 73.9 cm³/mol. The van der Waals surface area contributed by atoms with Crippen LogP contribution in [0.2, 0.25) is 0 Å². The van der Waals surface area contributed by atoms with Crippen molar-refractivity contribution in [2.24, 2.45) is 0 Å². The Labute approximate surface area is 108 Å². The van der Waals surface area contributed by atoms with Crippen molar-refractivity contribution >= 4 is 17.2 Å². The van der Waals surface area contributed by atoms with Crippen molar-refractivity contribution in [3.05, 3.63) is 21.4 Å². The molecule has 4 heteroatoms. The van der Waals surface area contributed by atoms with Crippen molar-refractivity contribution < 1.29 is 4.79 Å². The SMILES string of the molecule is CCN(CC)CCNC(=O)c1csc(C)c1C. The molecule has 0 aromatic carbocycles. The summed E-state index contributed by atoms with van der Waals surface area (Å²) in [6, 6.07) is 0. The van der Waals surface area contributed by atoms with E-state index in [1.807, 2.05) is 19.2 Å². The second-order valence-corrected chi connectivity index (χ2v) is 5.20. The fourth-order valence-electron chi connectivity index (χ4n) is 1.70. The molecule has 0 fully saturated rings. The summed E-state index contributed by atoms with van der Waals surface area (Å²) in [5.74, 6) is 0.0546. The van der Waals surface area contributed by atoms with Gasteiger partial charge in [0, 0.05) is 23.3 Å². The van der Waals surface area contributed by atoms with Gasteiger partial charge in [-0.1, -0.05) is 13.8 Å². The van der Waals surface area contributed by atoms with E-state index in [-0.39, 0.29) is 5.91 Å². The summed E-state index contributed by atoms with van der Waals surface area (Å²) in [5.41, 5.74) is 1.93. The third kappa shape index (κ3) is 3.82. The van der Waals surface area contributed by atoms with Crippen molar-refractivity contribution in [3.8, 4) is 0 Å². The van der Waals surface area contributed by atoms with Crippen molar-refractivity contribution in [2.75, 3.05) is 26.2 Å². The number of aryl methyl sites for hydroxylation is 1. The highest BCUT2D eigenvalue weighted by Gasteiger charge is 2.11. The van der Waals surface area contributed by atoms with Gasteiger partial charge < -0.3 is 10.2 Å². The van der Waals surface area contributed by atoms with E-state index in [9.17, 15) is 4.79 Å². The van der Waals surface area contributed by atoms with Crippen molar-refractivity contribution in [1.29, 1.82) is 0 Å². The zero-order valence-electron chi connectivity index (χ0n) is 11.2. The minimum Gasteiger partial charge on any atom is -0.351 e. The molecular weight excluding hydrogens is 232 g/mol. The quantitative estimate of drug-likeness (QED) is 0.845. The first-order valence-electron chi connectivity index (χ1n) is 6.15. The summed E-state index contributed by atoms with van der Waals surface area (Å²) < 4.78 is 0. The van der Waals surface area contributed by atoms with Crippen LogP contribution in [0.5, 0.6) is 0 Å². The lowest BCUT2D eigenvalue weighted by Crippen LogP contribution is -2.34. The van der Waals surface area contributed by atoms with Gasteiger partial charge in [0.05, 0.1) is 5.56 Å². The maximum absolute atomic E-state index is 11.9. The Hall–Kier alpha value is -0.870. The first-order chi connectivity index (χ1) is 8.10. The van der Waals surface area contributed by atoms with Crippen LogP contribution >= 0.6 is 11.3 Å². The summed E-state index contributed by atoms with van der Waals surface area (Å²) >= 11 is 1.64. The molecule has 1 heterocycles. The van der Waals surface area contributed by atoms with Crippen molar-refractivity contribution in [2.45, 2.75) is 27.7 Å². The van der Waals surface area contributed by atoms with Gasteiger partial charge in [-0.05, 0) is 32.5 Å². The first kappa shape index (κ1) is 14.2. The number of rotatable bonds is 6. The molecule has 1 rings (SSSR count). The van der Waals surface area contributed by atoms with Crippen LogP contribution in [-0.4, -0.2) is 37.0 Å². The number of nitrogens with zero attached hydrogens (tertiary/aromatic N) is 1. The Kier molecular flexibility index (Phi) is 5.65. The van der Waals surface area contributed by atoms with Gasteiger partial charge in [0.25, 0.3) is 5.91 Å². The molecule has 0 radical (unpaired) electrons. The van der Waals surface area contributed by atoms with E-state index in [2.05, 4.69) is 24.1 Å². The summed E-state index contributed by atoms with van der Waals surface area (Å²) in [4.78, 5) is 15.4. The van der Waals surface area contributed by atoms with Crippen LogP contribution < -0.4 is 5.32 Å². The van der Waals surface area contributed by atoms with Crippen LogP contribution in [0.1, 0.15) is 34.6 Å². The van der Waals surface area contributed by atoms with E-state index in [1.165, 1.54) is 4.88 Å². The second-order valence-electron chi connectivity index (χ2n) is 4.11. The number of hydrogen-bond acceptors (Lipinski definition) is 3. The van der Waals surface area contributed by atoms with Crippen LogP contribution in [0.3, 0.4) is 0 Å². The molecule has 0 aliphatic carbocycles. The number of amides is 1. The largest absolute Gasteiger partial charge is 0.351 e. The Morgan fingerprint density at radius 3 is 2.47 bits per heavy atom. The third-order valence-electron chi connectivity index (χ3n) is 3.14. The molecule has 1 aromatic heterocycles. The first-order valence-corrected chi connectivity index (χ1v) is 7.03. The second kappa shape index (κ2) is 6.77. The third-order valence-corrected chi connectivity index (χ3v) is 4.15. The van der Waals surface area contributed by atoms with E-state index in [1.54, 1.807) is 11.3 Å². The van der Waals surface area contributed by atoms with Crippen LogP contribution in [0.4, 0.5) is 0 Å².